The van der Waals surface area contributed by atoms with E-state index in [-0.39, 0.29) is 0 Å². The molecule has 82 valence electrons. The Morgan fingerprint density at radius 2 is 2.53 bits per heavy atom. The van der Waals surface area contributed by atoms with Gasteiger partial charge in [0.2, 0.25) is 0 Å². The predicted octanol–water partition coefficient (Wildman–Crippen LogP) is 2.71. The minimum Gasteiger partial charge on any atom is -0.481 e. The fourth-order valence-electron chi connectivity index (χ4n) is 2.61. The quantitative estimate of drug-likeness (QED) is 0.830. The summed E-state index contributed by atoms with van der Waals surface area (Å²) in [6.07, 6.45) is 6.44. The molecule has 0 spiro atoms. The van der Waals surface area contributed by atoms with Crippen molar-refractivity contribution in [3.8, 4) is 0 Å². The van der Waals surface area contributed by atoms with Crippen LogP contribution in [0, 0.1) is 11.3 Å². The lowest BCUT2D eigenvalue weighted by Gasteiger charge is -2.23. The summed E-state index contributed by atoms with van der Waals surface area (Å²) < 4.78 is 4.98. The topological polar surface area (TPSA) is 50.4 Å². The molecule has 15 heavy (non-hydrogen) atoms. The molecule has 3 nitrogen and oxygen atoms in total. The average Bonchev–Trinajstić information content (AvgIpc) is 2.77. The Hall–Kier alpha value is -1.25. The van der Waals surface area contributed by atoms with Gasteiger partial charge in [0, 0.05) is 0 Å². The van der Waals surface area contributed by atoms with Crippen LogP contribution in [0.15, 0.2) is 23.0 Å². The SMILES string of the molecule is CC1CCC(Cc2ccoc2)(C(=O)O)C1. The van der Waals surface area contributed by atoms with Gasteiger partial charge >= 0.3 is 5.97 Å². The maximum Gasteiger partial charge on any atom is 0.309 e. The molecule has 2 rings (SSSR count). The van der Waals surface area contributed by atoms with Crippen LogP contribution in [0.5, 0.6) is 0 Å². The summed E-state index contributed by atoms with van der Waals surface area (Å²) in [7, 11) is 0. The lowest BCUT2D eigenvalue weighted by molar-refractivity contribution is -0.148. The third-order valence-corrected chi connectivity index (χ3v) is 3.43. The van der Waals surface area contributed by atoms with Crippen LogP contribution in [-0.2, 0) is 11.2 Å². The zero-order valence-corrected chi connectivity index (χ0v) is 8.90. The highest BCUT2D eigenvalue weighted by Crippen LogP contribution is 2.44. The lowest BCUT2D eigenvalue weighted by Crippen LogP contribution is -2.30. The monoisotopic (exact) mass is 208 g/mol. The Morgan fingerprint density at radius 1 is 1.73 bits per heavy atom. The van der Waals surface area contributed by atoms with E-state index < -0.39 is 11.4 Å². The molecular formula is C12H16O3. The predicted molar refractivity (Wildman–Crippen MR) is 55.5 cm³/mol. The Labute approximate surface area is 89.1 Å². The molecule has 1 heterocycles. The second-order valence-electron chi connectivity index (χ2n) is 4.74. The summed E-state index contributed by atoms with van der Waals surface area (Å²) in [5, 5.41) is 9.35. The second kappa shape index (κ2) is 3.72. The smallest absolute Gasteiger partial charge is 0.309 e. The van der Waals surface area contributed by atoms with E-state index >= 15 is 0 Å². The van der Waals surface area contributed by atoms with E-state index in [1.807, 2.05) is 6.07 Å². The molecule has 1 saturated carbocycles. The maximum atomic E-state index is 11.4. The van der Waals surface area contributed by atoms with Gasteiger partial charge in [0.15, 0.2) is 0 Å². The number of carboxylic acids is 1. The standard InChI is InChI=1S/C12H16O3/c1-9-2-4-12(6-9,11(13)14)7-10-3-5-15-8-10/h3,5,8-9H,2,4,6-7H2,1H3,(H,13,14). The molecule has 1 aliphatic carbocycles. The number of hydrogen-bond donors (Lipinski definition) is 1. The van der Waals surface area contributed by atoms with E-state index in [0.29, 0.717) is 12.3 Å². The minimum absolute atomic E-state index is 0.521. The third-order valence-electron chi connectivity index (χ3n) is 3.43. The van der Waals surface area contributed by atoms with Gasteiger partial charge in [-0.05, 0) is 43.2 Å². The van der Waals surface area contributed by atoms with Crippen molar-refractivity contribution in [2.75, 3.05) is 0 Å². The molecule has 1 aromatic rings. The largest absolute Gasteiger partial charge is 0.481 e. The van der Waals surface area contributed by atoms with Crippen LogP contribution in [0.3, 0.4) is 0 Å². The van der Waals surface area contributed by atoms with Gasteiger partial charge in [0.1, 0.15) is 0 Å². The Bertz CT molecular complexity index is 342. The number of furan rings is 1. The van der Waals surface area contributed by atoms with Crippen molar-refractivity contribution in [3.63, 3.8) is 0 Å². The van der Waals surface area contributed by atoms with Crippen LogP contribution in [0.25, 0.3) is 0 Å². The van der Waals surface area contributed by atoms with Gasteiger partial charge in [-0.15, -0.1) is 0 Å². The fourth-order valence-corrected chi connectivity index (χ4v) is 2.61. The molecule has 0 bridgehead atoms. The van der Waals surface area contributed by atoms with Crippen molar-refractivity contribution < 1.29 is 14.3 Å². The van der Waals surface area contributed by atoms with E-state index in [1.165, 1.54) is 0 Å². The van der Waals surface area contributed by atoms with Gasteiger partial charge in [0.25, 0.3) is 0 Å². The van der Waals surface area contributed by atoms with Crippen LogP contribution in [0.1, 0.15) is 31.7 Å². The molecule has 1 fully saturated rings. The van der Waals surface area contributed by atoms with Crippen molar-refractivity contribution in [3.05, 3.63) is 24.2 Å². The summed E-state index contributed by atoms with van der Waals surface area (Å²) in [4.78, 5) is 11.4. The first-order valence-electron chi connectivity index (χ1n) is 5.37. The molecule has 0 radical (unpaired) electrons. The van der Waals surface area contributed by atoms with Crippen molar-refractivity contribution in [1.29, 1.82) is 0 Å². The zero-order chi connectivity index (χ0) is 10.9. The Morgan fingerprint density at radius 3 is 3.00 bits per heavy atom. The molecule has 0 amide bonds. The first kappa shape index (κ1) is 10.3. The van der Waals surface area contributed by atoms with Crippen LogP contribution < -0.4 is 0 Å². The van der Waals surface area contributed by atoms with E-state index in [1.54, 1.807) is 12.5 Å². The van der Waals surface area contributed by atoms with Crippen LogP contribution in [0.2, 0.25) is 0 Å². The van der Waals surface area contributed by atoms with Crippen LogP contribution in [0.4, 0.5) is 0 Å². The minimum atomic E-state index is -0.659. The molecule has 2 atom stereocenters. The molecule has 1 N–H and O–H groups in total. The highest BCUT2D eigenvalue weighted by Gasteiger charge is 2.44. The lowest BCUT2D eigenvalue weighted by atomic mass is 9.80. The normalized spacial score (nSPS) is 30.6. The molecule has 1 aliphatic rings. The number of hydrogen-bond acceptors (Lipinski definition) is 2. The summed E-state index contributed by atoms with van der Waals surface area (Å²) in [6.45, 7) is 2.13. The van der Waals surface area contributed by atoms with Gasteiger partial charge in [-0.2, -0.15) is 0 Å². The highest BCUT2D eigenvalue weighted by molar-refractivity contribution is 5.75. The Kier molecular flexibility index (Phi) is 2.55. The summed E-state index contributed by atoms with van der Waals surface area (Å²) in [5.41, 5.74) is 0.440. The molecule has 0 aliphatic heterocycles. The van der Waals surface area contributed by atoms with Gasteiger partial charge in [-0.25, -0.2) is 0 Å². The van der Waals surface area contributed by atoms with Gasteiger partial charge in [-0.3, -0.25) is 4.79 Å². The third kappa shape index (κ3) is 1.91. The summed E-state index contributed by atoms with van der Waals surface area (Å²) in [6, 6.07) is 1.85. The number of aliphatic carboxylic acids is 1. The number of rotatable bonds is 3. The number of carbonyl (C=O) groups is 1. The molecular weight excluding hydrogens is 192 g/mol. The first-order valence-corrected chi connectivity index (χ1v) is 5.37. The highest BCUT2D eigenvalue weighted by atomic mass is 16.4. The molecule has 1 aromatic heterocycles. The summed E-state index contributed by atoms with van der Waals surface area (Å²) in [5.74, 6) is -0.138. The number of carboxylic acid groups (broad SMARTS) is 1. The fraction of sp³-hybridized carbons (Fsp3) is 0.583. The van der Waals surface area contributed by atoms with Crippen molar-refractivity contribution in [2.45, 2.75) is 32.6 Å². The summed E-state index contributed by atoms with van der Waals surface area (Å²) >= 11 is 0. The van der Waals surface area contributed by atoms with Crippen molar-refractivity contribution in [2.24, 2.45) is 11.3 Å². The van der Waals surface area contributed by atoms with Gasteiger partial charge in [0.05, 0.1) is 17.9 Å². The van der Waals surface area contributed by atoms with Gasteiger partial charge in [-0.1, -0.05) is 6.92 Å². The van der Waals surface area contributed by atoms with E-state index in [4.69, 9.17) is 4.42 Å². The average molecular weight is 208 g/mol. The molecule has 0 saturated heterocycles. The second-order valence-corrected chi connectivity index (χ2v) is 4.74. The Balaban J connectivity index is 2.17. The van der Waals surface area contributed by atoms with E-state index in [0.717, 1.165) is 24.8 Å². The molecule has 2 unspecified atom stereocenters. The zero-order valence-electron chi connectivity index (χ0n) is 8.90. The van der Waals surface area contributed by atoms with Crippen molar-refractivity contribution in [1.82, 2.24) is 0 Å². The molecule has 3 heteroatoms. The van der Waals surface area contributed by atoms with E-state index in [9.17, 15) is 9.90 Å². The maximum absolute atomic E-state index is 11.4. The first-order chi connectivity index (χ1) is 7.12. The molecule has 0 aromatic carbocycles. The van der Waals surface area contributed by atoms with E-state index in [2.05, 4.69) is 6.92 Å². The van der Waals surface area contributed by atoms with Crippen molar-refractivity contribution >= 4 is 5.97 Å². The van der Waals surface area contributed by atoms with Crippen LogP contribution >= 0.6 is 0 Å². The van der Waals surface area contributed by atoms with Gasteiger partial charge < -0.3 is 9.52 Å². The van der Waals surface area contributed by atoms with Crippen LogP contribution in [-0.4, -0.2) is 11.1 Å².